The van der Waals surface area contributed by atoms with Crippen molar-refractivity contribution in [2.45, 2.75) is 52.4 Å². The van der Waals surface area contributed by atoms with Gasteiger partial charge < -0.3 is 4.74 Å². The molecule has 2 nitrogen and oxygen atoms in total. The third-order valence-electron chi connectivity index (χ3n) is 5.09. The summed E-state index contributed by atoms with van der Waals surface area (Å²) in [5.74, 6) is 2.64. The molecule has 4 aliphatic carbocycles. The Morgan fingerprint density at radius 2 is 1.61 bits per heavy atom. The lowest BCUT2D eigenvalue weighted by atomic mass is 9.50. The second-order valence-corrected chi connectivity index (χ2v) is 7.25. The molecular weight excluding hydrogens is 224 g/mol. The van der Waals surface area contributed by atoms with Crippen molar-refractivity contribution in [1.29, 1.82) is 0 Å². The molecule has 0 radical (unpaired) electrons. The van der Waals surface area contributed by atoms with E-state index in [0.717, 1.165) is 23.3 Å². The summed E-state index contributed by atoms with van der Waals surface area (Å²) in [5.41, 5.74) is 1.37. The van der Waals surface area contributed by atoms with E-state index in [1.165, 1.54) is 38.5 Å². The van der Waals surface area contributed by atoms with Crippen LogP contribution in [0, 0.1) is 23.2 Å². The van der Waals surface area contributed by atoms with Crippen LogP contribution in [0.1, 0.15) is 52.4 Å². The van der Waals surface area contributed by atoms with E-state index in [0.29, 0.717) is 12.0 Å². The van der Waals surface area contributed by atoms with Crippen LogP contribution < -0.4 is 0 Å². The smallest absolute Gasteiger partial charge is 0.330 e. The molecule has 4 rings (SSSR count). The van der Waals surface area contributed by atoms with Crippen molar-refractivity contribution < 1.29 is 9.53 Å². The largest absolute Gasteiger partial charge is 0.462 e. The molecule has 0 unspecified atom stereocenters. The zero-order valence-electron chi connectivity index (χ0n) is 11.6. The Labute approximate surface area is 110 Å². The number of esters is 1. The summed E-state index contributed by atoms with van der Waals surface area (Å²) in [6.07, 6.45) is 9.87. The Balaban J connectivity index is 1.62. The molecule has 0 aromatic heterocycles. The van der Waals surface area contributed by atoms with Crippen molar-refractivity contribution >= 4 is 5.97 Å². The zero-order chi connectivity index (χ0) is 12.8. The minimum atomic E-state index is -0.147. The zero-order valence-corrected chi connectivity index (χ0v) is 11.6. The standard InChI is InChI=1S/C16H24O2/c1-11(2)3-15(17)18-10-16-7-12-4-13(8-16)6-14(5-12)9-16/h3,12-14H,4-10H2,1-2H3. The van der Waals surface area contributed by atoms with E-state index in [-0.39, 0.29) is 5.97 Å². The Hall–Kier alpha value is -0.790. The highest BCUT2D eigenvalue weighted by atomic mass is 16.5. The van der Waals surface area contributed by atoms with Gasteiger partial charge in [0.05, 0.1) is 6.61 Å². The van der Waals surface area contributed by atoms with Gasteiger partial charge in [-0.2, -0.15) is 0 Å². The summed E-state index contributed by atoms with van der Waals surface area (Å²) in [4.78, 5) is 11.6. The van der Waals surface area contributed by atoms with Crippen LogP contribution in [0.15, 0.2) is 11.6 Å². The van der Waals surface area contributed by atoms with Crippen LogP contribution in [0.5, 0.6) is 0 Å². The number of hydrogen-bond acceptors (Lipinski definition) is 2. The first-order valence-electron chi connectivity index (χ1n) is 7.36. The fraction of sp³-hybridized carbons (Fsp3) is 0.812. The summed E-state index contributed by atoms with van der Waals surface area (Å²) in [5, 5.41) is 0. The highest BCUT2D eigenvalue weighted by Crippen LogP contribution is 2.60. The van der Waals surface area contributed by atoms with Gasteiger partial charge in [-0.3, -0.25) is 0 Å². The maximum absolute atomic E-state index is 11.6. The summed E-state index contributed by atoms with van der Waals surface area (Å²) < 4.78 is 5.52. The van der Waals surface area contributed by atoms with Gasteiger partial charge in [0.15, 0.2) is 0 Å². The predicted octanol–water partition coefficient (Wildman–Crippen LogP) is 3.71. The van der Waals surface area contributed by atoms with Crippen LogP contribution in [0.3, 0.4) is 0 Å². The van der Waals surface area contributed by atoms with E-state index >= 15 is 0 Å². The molecule has 0 saturated heterocycles. The molecule has 0 aromatic carbocycles. The van der Waals surface area contributed by atoms with Crippen molar-refractivity contribution in [2.75, 3.05) is 6.61 Å². The minimum Gasteiger partial charge on any atom is -0.462 e. The van der Waals surface area contributed by atoms with Crippen molar-refractivity contribution in [3.63, 3.8) is 0 Å². The third kappa shape index (κ3) is 2.34. The lowest BCUT2D eigenvalue weighted by Crippen LogP contribution is -2.48. The molecule has 4 fully saturated rings. The Morgan fingerprint density at radius 1 is 1.11 bits per heavy atom. The highest BCUT2D eigenvalue weighted by Gasteiger charge is 2.51. The molecule has 4 saturated carbocycles. The molecule has 0 aromatic rings. The van der Waals surface area contributed by atoms with Gasteiger partial charge in [0.25, 0.3) is 0 Å². The van der Waals surface area contributed by atoms with Crippen molar-refractivity contribution in [3.05, 3.63) is 11.6 Å². The molecule has 0 amide bonds. The fourth-order valence-corrected chi connectivity index (χ4v) is 4.97. The normalized spacial score (nSPS) is 40.7. The van der Waals surface area contributed by atoms with Crippen molar-refractivity contribution in [1.82, 2.24) is 0 Å². The van der Waals surface area contributed by atoms with Crippen LogP contribution in [-0.4, -0.2) is 12.6 Å². The van der Waals surface area contributed by atoms with E-state index in [1.54, 1.807) is 6.08 Å². The lowest BCUT2D eigenvalue weighted by Gasteiger charge is -2.56. The third-order valence-corrected chi connectivity index (χ3v) is 5.09. The Kier molecular flexibility index (Phi) is 2.99. The average molecular weight is 248 g/mol. The van der Waals surface area contributed by atoms with Crippen LogP contribution in [0.2, 0.25) is 0 Å². The minimum absolute atomic E-state index is 0.147. The molecule has 4 bridgehead atoms. The van der Waals surface area contributed by atoms with Crippen molar-refractivity contribution in [2.24, 2.45) is 23.2 Å². The van der Waals surface area contributed by atoms with Crippen molar-refractivity contribution in [3.8, 4) is 0 Å². The Bertz CT molecular complexity index is 341. The maximum atomic E-state index is 11.6. The van der Waals surface area contributed by atoms with Crippen LogP contribution in [-0.2, 0) is 9.53 Å². The lowest BCUT2D eigenvalue weighted by molar-refractivity contribution is -0.149. The van der Waals surface area contributed by atoms with Gasteiger partial charge >= 0.3 is 5.97 Å². The number of ether oxygens (including phenoxy) is 1. The first kappa shape index (κ1) is 12.3. The summed E-state index contributed by atoms with van der Waals surface area (Å²) in [6.45, 7) is 4.54. The first-order valence-corrected chi connectivity index (χ1v) is 7.36. The number of hydrogen-bond donors (Lipinski definition) is 0. The summed E-state index contributed by atoms with van der Waals surface area (Å²) in [6, 6.07) is 0. The van der Waals surface area contributed by atoms with Gasteiger partial charge in [0.2, 0.25) is 0 Å². The van der Waals surface area contributed by atoms with E-state index in [4.69, 9.17) is 4.74 Å². The Morgan fingerprint density at radius 3 is 2.06 bits per heavy atom. The molecule has 0 N–H and O–H groups in total. The summed E-state index contributed by atoms with van der Waals surface area (Å²) >= 11 is 0. The maximum Gasteiger partial charge on any atom is 0.330 e. The number of allylic oxidation sites excluding steroid dienone is 1. The SMILES string of the molecule is CC(C)=CC(=O)OCC12CC3CC(CC(C3)C1)C2. The highest BCUT2D eigenvalue weighted by molar-refractivity contribution is 5.82. The van der Waals surface area contributed by atoms with Gasteiger partial charge in [0.1, 0.15) is 0 Å². The number of carbonyl (C=O) groups excluding carboxylic acids is 1. The molecule has 0 spiro atoms. The number of carbonyl (C=O) groups is 1. The monoisotopic (exact) mass is 248 g/mol. The first-order chi connectivity index (χ1) is 8.55. The van der Waals surface area contributed by atoms with E-state index in [9.17, 15) is 4.79 Å². The van der Waals surface area contributed by atoms with Crippen LogP contribution >= 0.6 is 0 Å². The number of rotatable bonds is 3. The van der Waals surface area contributed by atoms with Gasteiger partial charge in [-0.15, -0.1) is 0 Å². The molecule has 0 aliphatic heterocycles. The van der Waals surface area contributed by atoms with Crippen LogP contribution in [0.4, 0.5) is 0 Å². The van der Waals surface area contributed by atoms with Gasteiger partial charge in [-0.1, -0.05) is 5.57 Å². The molecule has 0 atom stereocenters. The molecule has 0 heterocycles. The van der Waals surface area contributed by atoms with Gasteiger partial charge in [0, 0.05) is 11.5 Å². The molecule has 100 valence electrons. The topological polar surface area (TPSA) is 26.3 Å². The second-order valence-electron chi connectivity index (χ2n) is 7.25. The van der Waals surface area contributed by atoms with E-state index < -0.39 is 0 Å². The fourth-order valence-electron chi connectivity index (χ4n) is 4.97. The quantitative estimate of drug-likeness (QED) is 0.562. The van der Waals surface area contributed by atoms with E-state index in [2.05, 4.69) is 0 Å². The molecule has 4 aliphatic rings. The second kappa shape index (κ2) is 4.40. The summed E-state index contributed by atoms with van der Waals surface area (Å²) in [7, 11) is 0. The predicted molar refractivity (Wildman–Crippen MR) is 71.0 cm³/mol. The van der Waals surface area contributed by atoms with E-state index in [1.807, 2.05) is 13.8 Å². The molecule has 2 heteroatoms. The van der Waals surface area contributed by atoms with Gasteiger partial charge in [-0.05, 0) is 70.1 Å². The average Bonchev–Trinajstić information content (AvgIpc) is 2.23. The van der Waals surface area contributed by atoms with Gasteiger partial charge in [-0.25, -0.2) is 4.79 Å². The molecule has 18 heavy (non-hydrogen) atoms. The van der Waals surface area contributed by atoms with Crippen LogP contribution in [0.25, 0.3) is 0 Å². The molecular formula is C16H24O2.